The van der Waals surface area contributed by atoms with E-state index in [-0.39, 0.29) is 43.5 Å². The van der Waals surface area contributed by atoms with Gasteiger partial charge in [0.1, 0.15) is 5.75 Å². The van der Waals surface area contributed by atoms with Gasteiger partial charge in [-0.05, 0) is 43.3 Å². The van der Waals surface area contributed by atoms with E-state index in [0.29, 0.717) is 11.4 Å². The third-order valence-electron chi connectivity index (χ3n) is 5.17. The zero-order chi connectivity index (χ0) is 20.5. The number of amides is 3. The van der Waals surface area contributed by atoms with E-state index in [1.165, 1.54) is 0 Å². The van der Waals surface area contributed by atoms with Crippen LogP contribution in [0.3, 0.4) is 0 Å². The number of carbonyl (C=O) groups is 4. The number of aryl methyl sites for hydroxylation is 1. The number of anilines is 2. The standard InChI is InChI=1S/C22H20N2O5/c1-14-2-4-16(5-3-14)23-13-15(12-21(23)27)22(28)29-18-8-6-17(7-9-18)24-19(25)10-11-20(24)26/h2-9,15H,10-13H2,1H3. The molecule has 0 radical (unpaired) electrons. The van der Waals surface area contributed by atoms with Crippen LogP contribution in [0.5, 0.6) is 5.75 Å². The Morgan fingerprint density at radius 3 is 2.07 bits per heavy atom. The minimum Gasteiger partial charge on any atom is -0.426 e. The molecule has 7 nitrogen and oxygen atoms in total. The normalized spacial score (nSPS) is 19.2. The topological polar surface area (TPSA) is 84.0 Å². The van der Waals surface area contributed by atoms with Gasteiger partial charge in [-0.15, -0.1) is 0 Å². The minimum absolute atomic E-state index is 0.0988. The van der Waals surface area contributed by atoms with Crippen LogP contribution >= 0.6 is 0 Å². The van der Waals surface area contributed by atoms with E-state index in [2.05, 4.69) is 0 Å². The highest BCUT2D eigenvalue weighted by molar-refractivity contribution is 6.19. The van der Waals surface area contributed by atoms with Crippen molar-refractivity contribution in [3.05, 3.63) is 54.1 Å². The summed E-state index contributed by atoms with van der Waals surface area (Å²) in [5, 5.41) is 0. The lowest BCUT2D eigenvalue weighted by molar-refractivity contribution is -0.139. The monoisotopic (exact) mass is 392 g/mol. The maximum atomic E-state index is 12.5. The van der Waals surface area contributed by atoms with E-state index in [9.17, 15) is 19.2 Å². The predicted octanol–water partition coefficient (Wildman–Crippen LogP) is 2.61. The molecule has 29 heavy (non-hydrogen) atoms. The van der Waals surface area contributed by atoms with Crippen molar-refractivity contribution in [1.82, 2.24) is 0 Å². The molecule has 0 aromatic heterocycles. The molecule has 0 spiro atoms. The van der Waals surface area contributed by atoms with Crippen LogP contribution in [-0.4, -0.2) is 30.2 Å². The number of benzene rings is 2. The van der Waals surface area contributed by atoms with Crippen molar-refractivity contribution in [3.8, 4) is 5.75 Å². The Morgan fingerprint density at radius 2 is 1.45 bits per heavy atom. The second kappa shape index (κ2) is 7.50. The van der Waals surface area contributed by atoms with Crippen LogP contribution in [0.2, 0.25) is 0 Å². The maximum Gasteiger partial charge on any atom is 0.316 e. The van der Waals surface area contributed by atoms with Gasteiger partial charge in [-0.1, -0.05) is 17.7 Å². The van der Waals surface area contributed by atoms with Crippen molar-refractivity contribution in [2.45, 2.75) is 26.2 Å². The third kappa shape index (κ3) is 3.76. The third-order valence-corrected chi connectivity index (χ3v) is 5.17. The van der Waals surface area contributed by atoms with Gasteiger partial charge in [-0.25, -0.2) is 0 Å². The number of imide groups is 1. The Hall–Kier alpha value is -3.48. The SMILES string of the molecule is Cc1ccc(N2CC(C(=O)Oc3ccc(N4C(=O)CCC4=O)cc3)CC2=O)cc1. The quantitative estimate of drug-likeness (QED) is 0.454. The lowest BCUT2D eigenvalue weighted by Gasteiger charge is -2.17. The molecule has 1 unspecified atom stereocenters. The molecule has 1 atom stereocenters. The Bertz CT molecular complexity index is 965. The van der Waals surface area contributed by atoms with Gasteiger partial charge in [0.25, 0.3) is 0 Å². The summed E-state index contributed by atoms with van der Waals surface area (Å²) < 4.78 is 5.42. The molecular formula is C22H20N2O5. The molecule has 148 valence electrons. The average molecular weight is 392 g/mol. The van der Waals surface area contributed by atoms with Gasteiger partial charge in [0.05, 0.1) is 11.6 Å². The van der Waals surface area contributed by atoms with Crippen LogP contribution in [0.15, 0.2) is 48.5 Å². The summed E-state index contributed by atoms with van der Waals surface area (Å²) >= 11 is 0. The maximum absolute atomic E-state index is 12.5. The molecule has 0 N–H and O–H groups in total. The average Bonchev–Trinajstić information content (AvgIpc) is 3.25. The fraction of sp³-hybridized carbons (Fsp3) is 0.273. The summed E-state index contributed by atoms with van der Waals surface area (Å²) in [6.45, 7) is 2.24. The Balaban J connectivity index is 1.40. The largest absolute Gasteiger partial charge is 0.426 e. The molecule has 2 aliphatic heterocycles. The van der Waals surface area contributed by atoms with Gasteiger partial charge in [0, 0.05) is 31.5 Å². The van der Waals surface area contributed by atoms with Crippen molar-refractivity contribution in [2.75, 3.05) is 16.3 Å². The van der Waals surface area contributed by atoms with E-state index in [0.717, 1.165) is 16.2 Å². The molecule has 3 amide bonds. The summed E-state index contributed by atoms with van der Waals surface area (Å²) in [5.41, 5.74) is 2.32. The van der Waals surface area contributed by atoms with E-state index in [4.69, 9.17) is 4.74 Å². The molecule has 4 rings (SSSR count). The lowest BCUT2D eigenvalue weighted by Crippen LogP contribution is -2.28. The highest BCUT2D eigenvalue weighted by atomic mass is 16.5. The summed E-state index contributed by atoms with van der Waals surface area (Å²) in [6, 6.07) is 13.8. The Labute approximate surface area is 167 Å². The van der Waals surface area contributed by atoms with Crippen LogP contribution in [0, 0.1) is 12.8 Å². The highest BCUT2D eigenvalue weighted by Gasteiger charge is 2.36. The van der Waals surface area contributed by atoms with E-state index < -0.39 is 11.9 Å². The number of hydrogen-bond donors (Lipinski definition) is 0. The number of esters is 1. The number of hydrogen-bond acceptors (Lipinski definition) is 5. The lowest BCUT2D eigenvalue weighted by atomic mass is 10.1. The number of ether oxygens (including phenoxy) is 1. The zero-order valence-corrected chi connectivity index (χ0v) is 16.0. The van der Waals surface area contributed by atoms with Crippen LogP contribution in [-0.2, 0) is 19.2 Å². The van der Waals surface area contributed by atoms with Gasteiger partial charge < -0.3 is 9.64 Å². The first-order valence-electron chi connectivity index (χ1n) is 9.47. The smallest absolute Gasteiger partial charge is 0.316 e. The fourth-order valence-corrected chi connectivity index (χ4v) is 3.57. The van der Waals surface area contributed by atoms with E-state index >= 15 is 0 Å². The van der Waals surface area contributed by atoms with Gasteiger partial charge in [-0.3, -0.25) is 24.1 Å². The van der Waals surface area contributed by atoms with Crippen LogP contribution in [0.1, 0.15) is 24.8 Å². The zero-order valence-electron chi connectivity index (χ0n) is 16.0. The molecule has 2 saturated heterocycles. The molecule has 0 saturated carbocycles. The molecule has 2 fully saturated rings. The van der Waals surface area contributed by atoms with Gasteiger partial charge in [-0.2, -0.15) is 0 Å². The molecule has 2 aromatic rings. The van der Waals surface area contributed by atoms with Crippen LogP contribution in [0.4, 0.5) is 11.4 Å². The first kappa shape index (κ1) is 18.9. The Kier molecular flexibility index (Phi) is 4.88. The summed E-state index contributed by atoms with van der Waals surface area (Å²) in [4.78, 5) is 51.2. The molecule has 2 aliphatic rings. The predicted molar refractivity (Wildman–Crippen MR) is 105 cm³/mol. The first-order chi connectivity index (χ1) is 13.9. The van der Waals surface area contributed by atoms with E-state index in [1.807, 2.05) is 31.2 Å². The molecule has 0 bridgehead atoms. The van der Waals surface area contributed by atoms with Crippen molar-refractivity contribution in [3.63, 3.8) is 0 Å². The number of rotatable bonds is 4. The fourth-order valence-electron chi connectivity index (χ4n) is 3.57. The first-order valence-corrected chi connectivity index (χ1v) is 9.47. The summed E-state index contributed by atoms with van der Waals surface area (Å²) in [7, 11) is 0. The highest BCUT2D eigenvalue weighted by Crippen LogP contribution is 2.28. The van der Waals surface area contributed by atoms with Crippen molar-refractivity contribution in [1.29, 1.82) is 0 Å². The molecule has 2 heterocycles. The van der Waals surface area contributed by atoms with Crippen molar-refractivity contribution < 1.29 is 23.9 Å². The summed E-state index contributed by atoms with van der Waals surface area (Å²) in [5.74, 6) is -1.31. The van der Waals surface area contributed by atoms with Crippen LogP contribution < -0.4 is 14.5 Å². The molecule has 7 heteroatoms. The minimum atomic E-state index is -0.551. The van der Waals surface area contributed by atoms with Gasteiger partial charge in [0.15, 0.2) is 0 Å². The molecule has 2 aromatic carbocycles. The van der Waals surface area contributed by atoms with Crippen molar-refractivity contribution >= 4 is 35.1 Å². The molecular weight excluding hydrogens is 372 g/mol. The second-order valence-electron chi connectivity index (χ2n) is 7.28. The second-order valence-corrected chi connectivity index (χ2v) is 7.28. The van der Waals surface area contributed by atoms with Crippen molar-refractivity contribution in [2.24, 2.45) is 5.92 Å². The number of nitrogens with zero attached hydrogens (tertiary/aromatic N) is 2. The Morgan fingerprint density at radius 1 is 0.862 bits per heavy atom. The number of carbonyl (C=O) groups excluding carboxylic acids is 4. The van der Waals surface area contributed by atoms with Gasteiger partial charge >= 0.3 is 5.97 Å². The van der Waals surface area contributed by atoms with E-state index in [1.54, 1.807) is 29.2 Å². The van der Waals surface area contributed by atoms with Gasteiger partial charge in [0.2, 0.25) is 17.7 Å². The van der Waals surface area contributed by atoms with Crippen LogP contribution in [0.25, 0.3) is 0 Å². The summed E-state index contributed by atoms with van der Waals surface area (Å²) in [6.07, 6.45) is 0.521. The molecule has 0 aliphatic carbocycles.